The van der Waals surface area contributed by atoms with Gasteiger partial charge in [-0.3, -0.25) is 5.32 Å². The Labute approximate surface area is 96.3 Å². The first-order chi connectivity index (χ1) is 7.74. The number of anilines is 3. The third kappa shape index (κ3) is 2.71. The number of nitrogens with two attached hydrogens (primary N) is 1. The number of nitrogens with one attached hydrogen (secondary N) is 2. The van der Waals surface area contributed by atoms with Crippen LogP contribution in [0.15, 0.2) is 35.8 Å². The Morgan fingerprint density at radius 2 is 2.25 bits per heavy atom. The van der Waals surface area contributed by atoms with Gasteiger partial charge in [-0.2, -0.15) is 0 Å². The molecular weight excluding hydrogens is 224 g/mol. The highest BCUT2D eigenvalue weighted by Gasteiger charge is 2.03. The average Bonchev–Trinajstić information content (AvgIpc) is 2.70. The van der Waals surface area contributed by atoms with Crippen LogP contribution in [0.3, 0.4) is 0 Å². The van der Waals surface area contributed by atoms with E-state index in [0.717, 1.165) is 0 Å². The van der Waals surface area contributed by atoms with Gasteiger partial charge in [-0.05, 0) is 18.2 Å². The van der Waals surface area contributed by atoms with Gasteiger partial charge in [-0.15, -0.1) is 11.3 Å². The summed E-state index contributed by atoms with van der Waals surface area (Å²) in [5, 5.41) is 7.61. The lowest BCUT2D eigenvalue weighted by atomic mass is 10.3. The Morgan fingerprint density at radius 1 is 1.38 bits per heavy atom. The molecule has 0 aliphatic rings. The number of carbonyl (C=O) groups excluding carboxylic acids is 1. The third-order valence-corrected chi connectivity index (χ3v) is 2.49. The zero-order valence-electron chi connectivity index (χ0n) is 8.31. The normalized spacial score (nSPS) is 9.75. The van der Waals surface area contributed by atoms with Crippen LogP contribution in [0.5, 0.6) is 0 Å². The van der Waals surface area contributed by atoms with Crippen LogP contribution >= 0.6 is 11.3 Å². The molecule has 0 radical (unpaired) electrons. The van der Waals surface area contributed by atoms with Crippen LogP contribution in [-0.2, 0) is 0 Å². The molecule has 4 N–H and O–H groups in total. The number of amides is 2. The Kier molecular flexibility index (Phi) is 3.02. The van der Waals surface area contributed by atoms with E-state index in [0.29, 0.717) is 16.5 Å². The summed E-state index contributed by atoms with van der Waals surface area (Å²) in [4.78, 5) is 15.4. The number of nitrogens with zero attached hydrogens (tertiary/aromatic N) is 1. The predicted octanol–water partition coefficient (Wildman–Crippen LogP) is 2.37. The van der Waals surface area contributed by atoms with E-state index in [4.69, 9.17) is 5.73 Å². The molecule has 1 aromatic heterocycles. The van der Waals surface area contributed by atoms with Crippen molar-refractivity contribution in [2.45, 2.75) is 0 Å². The Hall–Kier alpha value is -2.08. The van der Waals surface area contributed by atoms with Gasteiger partial charge in [0.2, 0.25) is 0 Å². The van der Waals surface area contributed by atoms with Crippen molar-refractivity contribution in [1.82, 2.24) is 4.98 Å². The fraction of sp³-hybridized carbons (Fsp3) is 0. The van der Waals surface area contributed by atoms with Crippen molar-refractivity contribution in [3.8, 4) is 0 Å². The van der Waals surface area contributed by atoms with Gasteiger partial charge < -0.3 is 11.1 Å². The maximum absolute atomic E-state index is 11.5. The minimum absolute atomic E-state index is 0.333. The molecule has 16 heavy (non-hydrogen) atoms. The van der Waals surface area contributed by atoms with Gasteiger partial charge in [0.1, 0.15) is 0 Å². The summed E-state index contributed by atoms with van der Waals surface area (Å²) in [5.74, 6) is 0. The molecule has 2 aromatic rings. The Morgan fingerprint density at radius 3 is 2.94 bits per heavy atom. The van der Waals surface area contributed by atoms with Gasteiger partial charge in [0.25, 0.3) is 0 Å². The minimum Gasteiger partial charge on any atom is -0.399 e. The highest BCUT2D eigenvalue weighted by atomic mass is 32.1. The molecule has 0 saturated heterocycles. The molecule has 1 aromatic carbocycles. The lowest BCUT2D eigenvalue weighted by molar-refractivity contribution is 0.262. The molecule has 2 amide bonds. The first-order valence-corrected chi connectivity index (χ1v) is 5.45. The number of thiazole rings is 1. The fourth-order valence-corrected chi connectivity index (χ4v) is 1.69. The maximum atomic E-state index is 11.5. The van der Waals surface area contributed by atoms with E-state index < -0.39 is 0 Å². The number of rotatable bonds is 2. The van der Waals surface area contributed by atoms with Crippen LogP contribution in [0.1, 0.15) is 0 Å². The van der Waals surface area contributed by atoms with Crippen LogP contribution in [0.25, 0.3) is 0 Å². The van der Waals surface area contributed by atoms with Crippen molar-refractivity contribution in [1.29, 1.82) is 0 Å². The van der Waals surface area contributed by atoms with Gasteiger partial charge in [0.15, 0.2) is 5.13 Å². The van der Waals surface area contributed by atoms with E-state index in [2.05, 4.69) is 15.6 Å². The van der Waals surface area contributed by atoms with Crippen LogP contribution in [0.4, 0.5) is 21.3 Å². The Balaban J connectivity index is 1.97. The van der Waals surface area contributed by atoms with Crippen molar-refractivity contribution in [2.75, 3.05) is 16.4 Å². The second kappa shape index (κ2) is 4.63. The van der Waals surface area contributed by atoms with Gasteiger partial charge in [-0.25, -0.2) is 9.78 Å². The van der Waals surface area contributed by atoms with Crippen molar-refractivity contribution < 1.29 is 4.79 Å². The molecule has 82 valence electrons. The lowest BCUT2D eigenvalue weighted by Crippen LogP contribution is -2.19. The molecule has 0 fully saturated rings. The monoisotopic (exact) mass is 234 g/mol. The number of benzene rings is 1. The number of hydrogen-bond donors (Lipinski definition) is 3. The molecule has 0 saturated carbocycles. The van der Waals surface area contributed by atoms with E-state index in [9.17, 15) is 4.79 Å². The first kappa shape index (κ1) is 10.4. The van der Waals surface area contributed by atoms with Gasteiger partial charge in [0, 0.05) is 23.0 Å². The summed E-state index contributed by atoms with van der Waals surface area (Å²) in [6.07, 6.45) is 1.63. The molecular formula is C10H10N4OS. The standard InChI is InChI=1S/C10H10N4OS/c11-7-2-1-3-8(6-7)13-9(15)14-10-12-4-5-16-10/h1-6H,11H2,(H2,12,13,14,15). The van der Waals surface area contributed by atoms with Crippen LogP contribution in [-0.4, -0.2) is 11.0 Å². The molecule has 0 unspecified atom stereocenters. The smallest absolute Gasteiger partial charge is 0.325 e. The van der Waals surface area contributed by atoms with Gasteiger partial charge in [0.05, 0.1) is 0 Å². The van der Waals surface area contributed by atoms with E-state index >= 15 is 0 Å². The summed E-state index contributed by atoms with van der Waals surface area (Å²) >= 11 is 1.36. The molecule has 0 aliphatic carbocycles. The molecule has 0 spiro atoms. The highest BCUT2D eigenvalue weighted by Crippen LogP contribution is 2.14. The number of carbonyl (C=O) groups is 1. The van der Waals surface area contributed by atoms with E-state index in [1.807, 2.05) is 0 Å². The molecule has 6 heteroatoms. The number of hydrogen-bond acceptors (Lipinski definition) is 4. The van der Waals surface area contributed by atoms with Gasteiger partial charge >= 0.3 is 6.03 Å². The number of aromatic nitrogens is 1. The summed E-state index contributed by atoms with van der Waals surface area (Å²) in [6.45, 7) is 0. The number of urea groups is 1. The van der Waals surface area contributed by atoms with E-state index in [-0.39, 0.29) is 6.03 Å². The van der Waals surface area contributed by atoms with E-state index in [1.165, 1.54) is 11.3 Å². The van der Waals surface area contributed by atoms with Crippen LogP contribution in [0.2, 0.25) is 0 Å². The Bertz CT molecular complexity index is 483. The summed E-state index contributed by atoms with van der Waals surface area (Å²) in [5.41, 5.74) is 6.84. The highest BCUT2D eigenvalue weighted by molar-refractivity contribution is 7.13. The minimum atomic E-state index is -0.333. The quantitative estimate of drug-likeness (QED) is 0.698. The zero-order chi connectivity index (χ0) is 11.4. The summed E-state index contributed by atoms with van der Waals surface area (Å²) in [6, 6.07) is 6.64. The van der Waals surface area contributed by atoms with Crippen molar-refractivity contribution in [3.63, 3.8) is 0 Å². The van der Waals surface area contributed by atoms with Crippen molar-refractivity contribution in [3.05, 3.63) is 35.8 Å². The molecule has 0 bridgehead atoms. The second-order valence-electron chi connectivity index (χ2n) is 3.04. The van der Waals surface area contributed by atoms with Crippen LogP contribution in [0, 0.1) is 0 Å². The van der Waals surface area contributed by atoms with Gasteiger partial charge in [-0.1, -0.05) is 6.07 Å². The SMILES string of the molecule is Nc1cccc(NC(=O)Nc2nccs2)c1. The zero-order valence-corrected chi connectivity index (χ0v) is 9.12. The predicted molar refractivity (Wildman–Crippen MR) is 65.6 cm³/mol. The second-order valence-corrected chi connectivity index (χ2v) is 3.94. The molecule has 5 nitrogen and oxygen atoms in total. The molecule has 1 heterocycles. The fourth-order valence-electron chi connectivity index (χ4n) is 1.16. The van der Waals surface area contributed by atoms with Crippen molar-refractivity contribution >= 4 is 33.9 Å². The first-order valence-electron chi connectivity index (χ1n) is 4.57. The molecule has 2 rings (SSSR count). The number of nitrogen functional groups attached to an aromatic ring is 1. The van der Waals surface area contributed by atoms with Crippen LogP contribution < -0.4 is 16.4 Å². The summed E-state index contributed by atoms with van der Waals surface area (Å²) < 4.78 is 0. The maximum Gasteiger partial charge on any atom is 0.325 e. The summed E-state index contributed by atoms with van der Waals surface area (Å²) in [7, 11) is 0. The van der Waals surface area contributed by atoms with Crippen molar-refractivity contribution in [2.24, 2.45) is 0 Å². The molecule has 0 aliphatic heterocycles. The van der Waals surface area contributed by atoms with E-state index in [1.54, 1.807) is 35.8 Å². The lowest BCUT2D eigenvalue weighted by Gasteiger charge is -2.05. The largest absolute Gasteiger partial charge is 0.399 e. The molecule has 0 atom stereocenters. The topological polar surface area (TPSA) is 80.0 Å². The third-order valence-electron chi connectivity index (χ3n) is 1.80. The average molecular weight is 234 g/mol.